The van der Waals surface area contributed by atoms with Gasteiger partial charge in [0.1, 0.15) is 0 Å². The van der Waals surface area contributed by atoms with E-state index in [4.69, 9.17) is 0 Å². The predicted octanol–water partition coefficient (Wildman–Crippen LogP) is 4.25. The van der Waals surface area contributed by atoms with Crippen LogP contribution in [0.3, 0.4) is 0 Å². The molecule has 0 fully saturated rings. The van der Waals surface area contributed by atoms with E-state index in [2.05, 4.69) is 37.7 Å². The lowest BCUT2D eigenvalue weighted by molar-refractivity contribution is 0.0848. The van der Waals surface area contributed by atoms with Gasteiger partial charge in [-0.15, -0.1) is 0 Å². The molecule has 4 heteroatoms. The van der Waals surface area contributed by atoms with Crippen LogP contribution in [0, 0.1) is 10.8 Å². The first-order valence-electron chi connectivity index (χ1n) is 8.62. The van der Waals surface area contributed by atoms with Crippen molar-refractivity contribution in [1.29, 1.82) is 0 Å². The van der Waals surface area contributed by atoms with Crippen molar-refractivity contribution in [1.82, 2.24) is 9.88 Å². The Labute approximate surface area is 146 Å². The van der Waals surface area contributed by atoms with Crippen LogP contribution in [0.15, 0.2) is 18.5 Å². The maximum absolute atomic E-state index is 12.6. The number of carbonyl (C=O) groups is 2. The van der Waals surface area contributed by atoms with Crippen molar-refractivity contribution in [2.75, 3.05) is 20.1 Å². The first-order valence-corrected chi connectivity index (χ1v) is 8.62. The number of carbonyl (C=O) groups excluding carboxylic acids is 2. The van der Waals surface area contributed by atoms with E-state index in [0.717, 1.165) is 19.5 Å². The average Bonchev–Trinajstić information content (AvgIpc) is 2.43. The van der Waals surface area contributed by atoms with Gasteiger partial charge in [-0.25, -0.2) is 0 Å². The van der Waals surface area contributed by atoms with Crippen LogP contribution in [-0.4, -0.2) is 41.6 Å². The average molecular weight is 332 g/mol. The van der Waals surface area contributed by atoms with Crippen molar-refractivity contribution in [3.8, 4) is 0 Å². The molecule has 134 valence electrons. The van der Waals surface area contributed by atoms with Gasteiger partial charge in [-0.3, -0.25) is 14.6 Å². The number of nitrogens with zero attached hydrogens (tertiary/aromatic N) is 2. The zero-order valence-electron chi connectivity index (χ0n) is 16.3. The van der Waals surface area contributed by atoms with E-state index in [-0.39, 0.29) is 17.0 Å². The third-order valence-corrected chi connectivity index (χ3v) is 3.74. The topological polar surface area (TPSA) is 50.3 Å². The van der Waals surface area contributed by atoms with Crippen molar-refractivity contribution < 1.29 is 9.59 Å². The van der Waals surface area contributed by atoms with Gasteiger partial charge < -0.3 is 4.90 Å². The van der Waals surface area contributed by atoms with E-state index in [9.17, 15) is 9.59 Å². The Morgan fingerprint density at radius 3 is 2.25 bits per heavy atom. The second-order valence-electron chi connectivity index (χ2n) is 8.83. The fraction of sp³-hybridized carbons (Fsp3) is 0.650. The van der Waals surface area contributed by atoms with Crippen LogP contribution in [0.2, 0.25) is 0 Å². The molecule has 1 heterocycles. The number of pyridine rings is 1. The van der Waals surface area contributed by atoms with Gasteiger partial charge in [-0.05, 0) is 31.5 Å². The van der Waals surface area contributed by atoms with Crippen LogP contribution >= 0.6 is 0 Å². The Balaban J connectivity index is 2.71. The van der Waals surface area contributed by atoms with Gasteiger partial charge in [0.05, 0.1) is 0 Å². The maximum Gasteiger partial charge on any atom is 0.170 e. The molecule has 0 amide bonds. The molecule has 0 aromatic carbocycles. The van der Waals surface area contributed by atoms with Crippen molar-refractivity contribution in [2.24, 2.45) is 10.8 Å². The minimum atomic E-state index is -0.523. The molecule has 1 rings (SSSR count). The lowest BCUT2D eigenvalue weighted by Gasteiger charge is -2.26. The van der Waals surface area contributed by atoms with Gasteiger partial charge >= 0.3 is 0 Å². The van der Waals surface area contributed by atoms with E-state index in [0.29, 0.717) is 17.5 Å². The summed E-state index contributed by atoms with van der Waals surface area (Å²) in [5.74, 6) is -0.0158. The standard InChI is InChI=1S/C20H32N2O2/c1-19(2,3)14-22(7)12-8-9-17(23)15-10-11-21-13-16(15)18(24)20(4,5)6/h10-11,13H,8-9,12,14H2,1-7H3. The summed E-state index contributed by atoms with van der Waals surface area (Å²) < 4.78 is 0. The third-order valence-electron chi connectivity index (χ3n) is 3.74. The third kappa shape index (κ3) is 6.52. The van der Waals surface area contributed by atoms with Crippen LogP contribution in [0.5, 0.6) is 0 Å². The van der Waals surface area contributed by atoms with E-state index >= 15 is 0 Å². The second-order valence-corrected chi connectivity index (χ2v) is 8.83. The van der Waals surface area contributed by atoms with Crippen molar-refractivity contribution in [2.45, 2.75) is 54.4 Å². The molecule has 0 aliphatic heterocycles. The van der Waals surface area contributed by atoms with Gasteiger partial charge in [0.2, 0.25) is 0 Å². The lowest BCUT2D eigenvalue weighted by Crippen LogP contribution is -2.30. The second kappa shape index (κ2) is 8.02. The summed E-state index contributed by atoms with van der Waals surface area (Å²) >= 11 is 0. The highest BCUT2D eigenvalue weighted by Crippen LogP contribution is 2.23. The van der Waals surface area contributed by atoms with Crippen LogP contribution in [-0.2, 0) is 0 Å². The lowest BCUT2D eigenvalue weighted by atomic mass is 9.84. The number of rotatable bonds is 7. The van der Waals surface area contributed by atoms with Gasteiger partial charge in [0.15, 0.2) is 11.6 Å². The van der Waals surface area contributed by atoms with E-state index in [1.165, 1.54) is 6.20 Å². The molecule has 0 aliphatic carbocycles. The number of ketones is 2. The van der Waals surface area contributed by atoms with Gasteiger partial charge in [0, 0.05) is 41.9 Å². The molecule has 0 aliphatic rings. The van der Waals surface area contributed by atoms with Crippen LogP contribution < -0.4 is 0 Å². The minimum Gasteiger partial charge on any atom is -0.306 e. The Kier molecular flexibility index (Phi) is 6.85. The minimum absolute atomic E-state index is 0.0224. The molecule has 0 atom stereocenters. The van der Waals surface area contributed by atoms with Crippen molar-refractivity contribution in [3.05, 3.63) is 29.6 Å². The normalized spacial score (nSPS) is 12.5. The monoisotopic (exact) mass is 332 g/mol. The highest BCUT2D eigenvalue weighted by Gasteiger charge is 2.27. The smallest absolute Gasteiger partial charge is 0.170 e. The SMILES string of the molecule is CN(CCCC(=O)c1ccncc1C(=O)C(C)(C)C)CC(C)(C)C. The van der Waals surface area contributed by atoms with Gasteiger partial charge in [-0.2, -0.15) is 0 Å². The molecular weight excluding hydrogens is 300 g/mol. The van der Waals surface area contributed by atoms with Crippen molar-refractivity contribution >= 4 is 11.6 Å². The first kappa shape index (κ1) is 20.5. The molecular formula is C20H32N2O2. The number of hydrogen-bond acceptors (Lipinski definition) is 4. The predicted molar refractivity (Wildman–Crippen MR) is 98.5 cm³/mol. The first-order chi connectivity index (χ1) is 10.9. The number of hydrogen-bond donors (Lipinski definition) is 0. The van der Waals surface area contributed by atoms with E-state index < -0.39 is 5.41 Å². The highest BCUT2D eigenvalue weighted by atomic mass is 16.1. The molecule has 0 unspecified atom stereocenters. The van der Waals surface area contributed by atoms with Gasteiger partial charge in [0.25, 0.3) is 0 Å². The van der Waals surface area contributed by atoms with Crippen LogP contribution in [0.1, 0.15) is 75.1 Å². The highest BCUT2D eigenvalue weighted by molar-refractivity contribution is 6.10. The Bertz CT molecular complexity index is 580. The van der Waals surface area contributed by atoms with E-state index in [1.807, 2.05) is 20.8 Å². The Hall–Kier alpha value is -1.55. The van der Waals surface area contributed by atoms with Crippen LogP contribution in [0.4, 0.5) is 0 Å². The number of aromatic nitrogens is 1. The largest absolute Gasteiger partial charge is 0.306 e. The molecule has 4 nitrogen and oxygen atoms in total. The van der Waals surface area contributed by atoms with Gasteiger partial charge in [-0.1, -0.05) is 41.5 Å². The summed E-state index contributed by atoms with van der Waals surface area (Å²) in [4.78, 5) is 31.4. The summed E-state index contributed by atoms with van der Waals surface area (Å²) in [6, 6.07) is 1.67. The van der Waals surface area contributed by atoms with Crippen LogP contribution in [0.25, 0.3) is 0 Å². The Morgan fingerprint density at radius 2 is 1.71 bits per heavy atom. The molecule has 0 saturated carbocycles. The fourth-order valence-corrected chi connectivity index (χ4v) is 2.76. The summed E-state index contributed by atoms with van der Waals surface area (Å²) in [6.45, 7) is 14.1. The quantitative estimate of drug-likeness (QED) is 0.700. The maximum atomic E-state index is 12.6. The zero-order valence-corrected chi connectivity index (χ0v) is 16.3. The van der Waals surface area contributed by atoms with E-state index in [1.54, 1.807) is 12.3 Å². The molecule has 0 N–H and O–H groups in total. The summed E-state index contributed by atoms with van der Waals surface area (Å²) in [7, 11) is 2.08. The van der Waals surface area contributed by atoms with Crippen molar-refractivity contribution in [3.63, 3.8) is 0 Å². The summed E-state index contributed by atoms with van der Waals surface area (Å²) in [5.41, 5.74) is 0.669. The zero-order chi connectivity index (χ0) is 18.5. The Morgan fingerprint density at radius 1 is 1.08 bits per heavy atom. The molecule has 24 heavy (non-hydrogen) atoms. The summed E-state index contributed by atoms with van der Waals surface area (Å²) in [5, 5.41) is 0. The molecule has 0 saturated heterocycles. The molecule has 1 aromatic heterocycles. The number of Topliss-reactive ketones (excluding diaryl/α,β-unsaturated/α-hetero) is 2. The molecule has 0 radical (unpaired) electrons. The fourth-order valence-electron chi connectivity index (χ4n) is 2.76. The molecule has 0 spiro atoms. The molecule has 0 bridgehead atoms. The summed E-state index contributed by atoms with van der Waals surface area (Å²) in [6.07, 6.45) is 4.34. The molecule has 1 aromatic rings.